The summed E-state index contributed by atoms with van der Waals surface area (Å²) in [5, 5.41) is 29.3. The number of methoxy groups -OCH3 is 2. The third-order valence-electron chi connectivity index (χ3n) is 4.03. The van der Waals surface area contributed by atoms with Crippen molar-refractivity contribution in [2.75, 3.05) is 58.6 Å². The van der Waals surface area contributed by atoms with Crippen molar-refractivity contribution in [1.82, 2.24) is 0 Å². The Kier molecular flexibility index (Phi) is 9.90. The highest BCUT2D eigenvalue weighted by molar-refractivity contribution is 7.19. The molecule has 0 saturated carbocycles. The quantitative estimate of drug-likeness (QED) is 0.180. The molecule has 0 unspecified atom stereocenters. The molecular weight excluding hydrogens is 430 g/mol. The van der Waals surface area contributed by atoms with E-state index in [0.717, 1.165) is 11.8 Å². The highest BCUT2D eigenvalue weighted by atomic mass is 32.1. The first-order valence-electron chi connectivity index (χ1n) is 9.21. The van der Waals surface area contributed by atoms with Crippen LogP contribution in [0.15, 0.2) is 40.6 Å². The molecule has 168 valence electrons. The number of nitro groups is 2. The van der Waals surface area contributed by atoms with E-state index in [9.17, 15) is 20.2 Å². The molecule has 31 heavy (non-hydrogen) atoms. The van der Waals surface area contributed by atoms with Crippen molar-refractivity contribution in [2.45, 2.75) is 0 Å². The van der Waals surface area contributed by atoms with Gasteiger partial charge >= 0.3 is 10.7 Å². The van der Waals surface area contributed by atoms with Crippen LogP contribution in [0.3, 0.4) is 0 Å². The summed E-state index contributed by atoms with van der Waals surface area (Å²) in [4.78, 5) is 22.6. The molecule has 2 rings (SSSR count). The zero-order valence-electron chi connectivity index (χ0n) is 17.1. The monoisotopic (exact) mass is 453 g/mol. The Balaban J connectivity index is 2.08. The molecule has 0 spiro atoms. The Labute approximate surface area is 182 Å². The van der Waals surface area contributed by atoms with E-state index >= 15 is 0 Å². The second-order valence-corrected chi connectivity index (χ2v) is 7.10. The lowest BCUT2D eigenvalue weighted by molar-refractivity contribution is -0.389. The number of hydrogen-bond acceptors (Lipinski definition) is 11. The van der Waals surface area contributed by atoms with Crippen molar-refractivity contribution in [3.05, 3.63) is 50.6 Å². The maximum atomic E-state index is 11.1. The number of nitrogens with zero attached hydrogens (tertiary/aromatic N) is 5. The number of hydrogen-bond donors (Lipinski definition) is 0. The third kappa shape index (κ3) is 7.64. The van der Waals surface area contributed by atoms with Gasteiger partial charge in [-0.05, 0) is 35.6 Å². The van der Waals surface area contributed by atoms with Crippen LogP contribution in [0.25, 0.3) is 0 Å². The van der Waals surface area contributed by atoms with Gasteiger partial charge < -0.3 is 19.1 Å². The Hall–Kier alpha value is -3.00. The second kappa shape index (κ2) is 12.6. The smallest absolute Gasteiger partial charge is 0.333 e. The molecule has 0 radical (unpaired) electrons. The van der Waals surface area contributed by atoms with E-state index in [2.05, 4.69) is 15.1 Å². The molecule has 1 heterocycles. The lowest BCUT2D eigenvalue weighted by atomic mass is 10.2. The largest absolute Gasteiger partial charge is 0.383 e. The SMILES string of the molecule is COCCOCCN(CCOC)c1ccc(N=Nc2sc([N+](=O)[O-])cc2[N+](=O)[O-])cc1. The van der Waals surface area contributed by atoms with Gasteiger partial charge in [0.2, 0.25) is 5.00 Å². The molecule has 12 nitrogen and oxygen atoms in total. The fraction of sp³-hybridized carbons (Fsp3) is 0.444. The average Bonchev–Trinajstić information content (AvgIpc) is 3.20. The number of benzene rings is 1. The number of azo groups is 1. The molecule has 1 aromatic heterocycles. The highest BCUT2D eigenvalue weighted by Crippen LogP contribution is 2.41. The van der Waals surface area contributed by atoms with Crippen LogP contribution in [0.2, 0.25) is 0 Å². The molecule has 0 N–H and O–H groups in total. The number of thiophene rings is 1. The topological polar surface area (TPSA) is 142 Å². The Bertz CT molecular complexity index is 888. The van der Waals surface area contributed by atoms with Gasteiger partial charge in [0.15, 0.2) is 0 Å². The summed E-state index contributed by atoms with van der Waals surface area (Å²) in [7, 11) is 3.25. The molecule has 0 aliphatic carbocycles. The second-order valence-electron chi connectivity index (χ2n) is 6.09. The predicted octanol–water partition coefficient (Wildman–Crippen LogP) is 4.10. The van der Waals surface area contributed by atoms with Crippen LogP contribution in [0.4, 0.5) is 27.1 Å². The van der Waals surface area contributed by atoms with Crippen LogP contribution in [-0.4, -0.2) is 63.6 Å². The summed E-state index contributed by atoms with van der Waals surface area (Å²) in [6.45, 7) is 3.43. The van der Waals surface area contributed by atoms with Crippen LogP contribution in [0.1, 0.15) is 0 Å². The first-order chi connectivity index (χ1) is 15.0. The van der Waals surface area contributed by atoms with Gasteiger partial charge in [-0.25, -0.2) is 0 Å². The van der Waals surface area contributed by atoms with Crippen molar-refractivity contribution in [1.29, 1.82) is 0 Å². The number of anilines is 1. The van der Waals surface area contributed by atoms with E-state index in [1.54, 1.807) is 26.4 Å². The Morgan fingerprint density at radius 2 is 1.61 bits per heavy atom. The summed E-state index contributed by atoms with van der Waals surface area (Å²) < 4.78 is 15.6. The van der Waals surface area contributed by atoms with E-state index in [4.69, 9.17) is 14.2 Å². The molecular formula is C18H23N5O7S. The minimum absolute atomic E-state index is 0.129. The minimum Gasteiger partial charge on any atom is -0.383 e. The fourth-order valence-corrected chi connectivity index (χ4v) is 3.24. The average molecular weight is 453 g/mol. The van der Waals surface area contributed by atoms with Crippen molar-refractivity contribution < 1.29 is 24.1 Å². The molecule has 0 aliphatic rings. The molecule has 0 fully saturated rings. The maximum Gasteiger partial charge on any atom is 0.333 e. The van der Waals surface area contributed by atoms with Gasteiger partial charge in [-0.2, -0.15) is 0 Å². The van der Waals surface area contributed by atoms with Crippen LogP contribution in [0, 0.1) is 20.2 Å². The normalized spacial score (nSPS) is 11.2. The van der Waals surface area contributed by atoms with Gasteiger partial charge in [-0.15, -0.1) is 10.2 Å². The lowest BCUT2D eigenvalue weighted by Gasteiger charge is -2.24. The molecule has 0 bridgehead atoms. The summed E-state index contributed by atoms with van der Waals surface area (Å²) in [6.07, 6.45) is 0. The van der Waals surface area contributed by atoms with Gasteiger partial charge in [-0.3, -0.25) is 20.2 Å². The molecule has 0 amide bonds. The van der Waals surface area contributed by atoms with Crippen molar-refractivity contribution in [2.24, 2.45) is 10.2 Å². The van der Waals surface area contributed by atoms with E-state index < -0.39 is 15.5 Å². The van der Waals surface area contributed by atoms with Crippen LogP contribution >= 0.6 is 11.3 Å². The van der Waals surface area contributed by atoms with Crippen molar-refractivity contribution >= 4 is 38.4 Å². The van der Waals surface area contributed by atoms with E-state index in [-0.39, 0.29) is 10.0 Å². The van der Waals surface area contributed by atoms with Crippen LogP contribution in [0.5, 0.6) is 0 Å². The number of rotatable bonds is 14. The summed E-state index contributed by atoms with van der Waals surface area (Å²) in [5.74, 6) is 0. The van der Waals surface area contributed by atoms with Gasteiger partial charge in [0, 0.05) is 33.0 Å². The van der Waals surface area contributed by atoms with Crippen LogP contribution in [-0.2, 0) is 14.2 Å². The van der Waals surface area contributed by atoms with Crippen LogP contribution < -0.4 is 4.90 Å². The fourth-order valence-electron chi connectivity index (χ4n) is 2.48. The standard InChI is InChI=1S/C18H23N5O7S/c1-28-9-7-21(8-10-30-12-11-29-2)15-5-3-14(4-6-15)19-20-18-16(22(24)25)13-17(31-18)23(26)27/h3-6,13H,7-12H2,1-2H3. The summed E-state index contributed by atoms with van der Waals surface area (Å²) >= 11 is 0.601. The summed E-state index contributed by atoms with van der Waals surface area (Å²) in [6, 6.07) is 7.97. The molecule has 0 saturated heterocycles. The molecule has 2 aromatic rings. The van der Waals surface area contributed by atoms with Crippen molar-refractivity contribution in [3.8, 4) is 0 Å². The molecule has 0 atom stereocenters. The minimum atomic E-state index is -0.719. The van der Waals surface area contributed by atoms with Crippen molar-refractivity contribution in [3.63, 3.8) is 0 Å². The summed E-state index contributed by atoms with van der Waals surface area (Å²) in [5.41, 5.74) is 0.928. The molecule has 1 aromatic carbocycles. The number of ether oxygens (including phenoxy) is 3. The predicted molar refractivity (Wildman–Crippen MR) is 115 cm³/mol. The first kappa shape index (κ1) is 24.3. The zero-order valence-corrected chi connectivity index (χ0v) is 17.9. The molecule has 0 aliphatic heterocycles. The van der Waals surface area contributed by atoms with Gasteiger partial charge in [-0.1, -0.05) is 0 Å². The Morgan fingerprint density at radius 3 is 2.23 bits per heavy atom. The first-order valence-corrected chi connectivity index (χ1v) is 10.0. The zero-order chi connectivity index (χ0) is 22.6. The Morgan fingerprint density at radius 1 is 0.935 bits per heavy atom. The third-order valence-corrected chi connectivity index (χ3v) is 4.99. The van der Waals surface area contributed by atoms with Gasteiger partial charge in [0.25, 0.3) is 0 Å². The van der Waals surface area contributed by atoms with E-state index in [1.165, 1.54) is 0 Å². The van der Waals surface area contributed by atoms with E-state index in [1.807, 2.05) is 12.1 Å². The lowest BCUT2D eigenvalue weighted by Crippen LogP contribution is -2.31. The molecule has 13 heteroatoms. The maximum absolute atomic E-state index is 11.1. The van der Waals surface area contributed by atoms with Gasteiger partial charge in [0.1, 0.15) is 6.07 Å². The van der Waals surface area contributed by atoms with E-state index in [0.29, 0.717) is 56.5 Å². The highest BCUT2D eigenvalue weighted by Gasteiger charge is 2.25. The van der Waals surface area contributed by atoms with Gasteiger partial charge in [0.05, 0.1) is 42.0 Å².